The van der Waals surface area contributed by atoms with Crippen molar-refractivity contribution in [3.8, 4) is 5.75 Å². The van der Waals surface area contributed by atoms with E-state index in [0.29, 0.717) is 24.9 Å². The summed E-state index contributed by atoms with van der Waals surface area (Å²) in [4.78, 5) is 11.6. The molecule has 0 aliphatic heterocycles. The van der Waals surface area contributed by atoms with Crippen molar-refractivity contribution in [3.63, 3.8) is 0 Å². The third-order valence-electron chi connectivity index (χ3n) is 2.31. The SMILES string of the molecule is COc1ccc(C(=O)OCCOCC(C)C)c(F)c1. The summed E-state index contributed by atoms with van der Waals surface area (Å²) in [5.74, 6) is -0.579. The highest BCUT2D eigenvalue weighted by Crippen LogP contribution is 2.16. The van der Waals surface area contributed by atoms with Crippen molar-refractivity contribution in [3.05, 3.63) is 29.6 Å². The average molecular weight is 270 g/mol. The van der Waals surface area contributed by atoms with Crippen LogP contribution in [0.25, 0.3) is 0 Å². The molecule has 19 heavy (non-hydrogen) atoms. The van der Waals surface area contributed by atoms with Crippen molar-refractivity contribution >= 4 is 5.97 Å². The Morgan fingerprint density at radius 3 is 2.63 bits per heavy atom. The second-order valence-electron chi connectivity index (χ2n) is 4.45. The molecule has 0 atom stereocenters. The Morgan fingerprint density at radius 1 is 1.32 bits per heavy atom. The van der Waals surface area contributed by atoms with Gasteiger partial charge in [0.25, 0.3) is 0 Å². The molecule has 0 amide bonds. The molecule has 0 spiro atoms. The Hall–Kier alpha value is -1.62. The zero-order valence-corrected chi connectivity index (χ0v) is 11.4. The Balaban J connectivity index is 2.41. The van der Waals surface area contributed by atoms with E-state index in [0.717, 1.165) is 6.07 Å². The maximum Gasteiger partial charge on any atom is 0.341 e. The Bertz CT molecular complexity index is 418. The predicted molar refractivity (Wildman–Crippen MR) is 68.9 cm³/mol. The van der Waals surface area contributed by atoms with E-state index in [9.17, 15) is 9.18 Å². The van der Waals surface area contributed by atoms with Crippen molar-refractivity contribution in [2.45, 2.75) is 13.8 Å². The van der Waals surface area contributed by atoms with E-state index in [1.807, 2.05) is 13.8 Å². The van der Waals surface area contributed by atoms with Crippen molar-refractivity contribution in [1.82, 2.24) is 0 Å². The molecule has 4 nitrogen and oxygen atoms in total. The van der Waals surface area contributed by atoms with Crippen molar-refractivity contribution in [2.75, 3.05) is 26.9 Å². The van der Waals surface area contributed by atoms with Crippen molar-refractivity contribution < 1.29 is 23.4 Å². The maximum atomic E-state index is 13.6. The highest BCUT2D eigenvalue weighted by Gasteiger charge is 2.13. The Morgan fingerprint density at radius 2 is 2.05 bits per heavy atom. The lowest BCUT2D eigenvalue weighted by molar-refractivity contribution is 0.0273. The number of carbonyl (C=O) groups excluding carboxylic acids is 1. The van der Waals surface area contributed by atoms with Crippen molar-refractivity contribution in [2.24, 2.45) is 5.92 Å². The van der Waals surface area contributed by atoms with E-state index in [1.54, 1.807) is 0 Å². The minimum atomic E-state index is -0.701. The summed E-state index contributed by atoms with van der Waals surface area (Å²) in [5, 5.41) is 0. The van der Waals surface area contributed by atoms with E-state index in [1.165, 1.54) is 19.2 Å². The molecule has 1 aromatic carbocycles. The molecule has 5 heteroatoms. The van der Waals surface area contributed by atoms with Gasteiger partial charge in [0.1, 0.15) is 18.2 Å². The first-order valence-electron chi connectivity index (χ1n) is 6.13. The van der Waals surface area contributed by atoms with Crippen LogP contribution in [-0.2, 0) is 9.47 Å². The number of hydrogen-bond acceptors (Lipinski definition) is 4. The number of carbonyl (C=O) groups is 1. The first kappa shape index (κ1) is 15.4. The van der Waals surface area contributed by atoms with Crippen LogP contribution < -0.4 is 4.74 Å². The van der Waals surface area contributed by atoms with Crippen LogP contribution in [0.2, 0.25) is 0 Å². The summed E-state index contributed by atoms with van der Waals surface area (Å²) in [7, 11) is 1.43. The molecule has 1 aromatic rings. The third kappa shape index (κ3) is 5.26. The van der Waals surface area contributed by atoms with Crippen LogP contribution >= 0.6 is 0 Å². The quantitative estimate of drug-likeness (QED) is 0.564. The number of halogens is 1. The molecule has 0 unspecified atom stereocenters. The molecule has 1 rings (SSSR count). The van der Waals surface area contributed by atoms with Gasteiger partial charge in [-0.3, -0.25) is 0 Å². The second kappa shape index (κ2) is 7.74. The largest absolute Gasteiger partial charge is 0.497 e. The molecule has 0 bridgehead atoms. The topological polar surface area (TPSA) is 44.8 Å². The second-order valence-corrected chi connectivity index (χ2v) is 4.45. The fraction of sp³-hybridized carbons (Fsp3) is 0.500. The predicted octanol–water partition coefficient (Wildman–Crippen LogP) is 2.66. The van der Waals surface area contributed by atoms with Crippen LogP contribution in [0.1, 0.15) is 24.2 Å². The van der Waals surface area contributed by atoms with Crippen LogP contribution in [0, 0.1) is 11.7 Å². The standard InChI is InChI=1S/C14H19FO4/c1-10(2)9-18-6-7-19-14(16)12-5-4-11(17-3)8-13(12)15/h4-5,8,10H,6-7,9H2,1-3H3. The molecular weight excluding hydrogens is 251 g/mol. The normalized spacial score (nSPS) is 10.6. The highest BCUT2D eigenvalue weighted by molar-refractivity contribution is 5.89. The fourth-order valence-electron chi connectivity index (χ4n) is 1.38. The van der Waals surface area contributed by atoms with E-state index in [-0.39, 0.29) is 12.2 Å². The van der Waals surface area contributed by atoms with Gasteiger partial charge in [-0.25, -0.2) is 9.18 Å². The lowest BCUT2D eigenvalue weighted by atomic mass is 10.2. The zero-order valence-electron chi connectivity index (χ0n) is 11.4. The van der Waals surface area contributed by atoms with E-state index in [4.69, 9.17) is 14.2 Å². The van der Waals surface area contributed by atoms with Gasteiger partial charge in [-0.2, -0.15) is 0 Å². The number of esters is 1. The monoisotopic (exact) mass is 270 g/mol. The summed E-state index contributed by atoms with van der Waals surface area (Å²) < 4.78 is 28.6. The number of methoxy groups -OCH3 is 1. The summed E-state index contributed by atoms with van der Waals surface area (Å²) in [6.45, 7) is 5.07. The molecule has 0 fully saturated rings. The van der Waals surface area contributed by atoms with Gasteiger partial charge < -0.3 is 14.2 Å². The molecule has 0 radical (unpaired) electrons. The average Bonchev–Trinajstić information content (AvgIpc) is 2.37. The maximum absolute atomic E-state index is 13.6. The van der Waals surface area contributed by atoms with Gasteiger partial charge >= 0.3 is 5.97 Å². The van der Waals surface area contributed by atoms with Crippen LogP contribution in [0.3, 0.4) is 0 Å². The molecule has 0 saturated carbocycles. The Labute approximate surface area is 112 Å². The van der Waals surface area contributed by atoms with Gasteiger partial charge in [-0.05, 0) is 18.1 Å². The third-order valence-corrected chi connectivity index (χ3v) is 2.31. The number of hydrogen-bond donors (Lipinski definition) is 0. The molecule has 0 aromatic heterocycles. The van der Waals surface area contributed by atoms with Crippen LogP contribution in [0.5, 0.6) is 5.75 Å². The smallest absolute Gasteiger partial charge is 0.341 e. The molecule has 106 valence electrons. The summed E-state index contributed by atoms with van der Waals surface area (Å²) >= 11 is 0. The van der Waals surface area contributed by atoms with Gasteiger partial charge in [-0.15, -0.1) is 0 Å². The van der Waals surface area contributed by atoms with E-state index in [2.05, 4.69) is 0 Å². The molecule has 0 N–H and O–H groups in total. The summed E-state index contributed by atoms with van der Waals surface area (Å²) in [6, 6.07) is 3.99. The van der Waals surface area contributed by atoms with Crippen LogP contribution in [0.15, 0.2) is 18.2 Å². The van der Waals surface area contributed by atoms with Gasteiger partial charge in [0.2, 0.25) is 0 Å². The van der Waals surface area contributed by atoms with Gasteiger partial charge in [0, 0.05) is 12.7 Å². The number of benzene rings is 1. The zero-order chi connectivity index (χ0) is 14.3. The first-order valence-corrected chi connectivity index (χ1v) is 6.13. The molecular formula is C14H19FO4. The fourth-order valence-corrected chi connectivity index (χ4v) is 1.38. The lowest BCUT2D eigenvalue weighted by Gasteiger charge is -2.08. The van der Waals surface area contributed by atoms with Crippen molar-refractivity contribution in [1.29, 1.82) is 0 Å². The number of rotatable bonds is 7. The molecule has 0 saturated heterocycles. The van der Waals surface area contributed by atoms with Gasteiger partial charge in [-0.1, -0.05) is 13.8 Å². The van der Waals surface area contributed by atoms with Crippen LogP contribution in [-0.4, -0.2) is 32.9 Å². The Kier molecular flexibility index (Phi) is 6.29. The van der Waals surface area contributed by atoms with E-state index < -0.39 is 11.8 Å². The van der Waals surface area contributed by atoms with E-state index >= 15 is 0 Å². The molecule has 0 aliphatic rings. The van der Waals surface area contributed by atoms with Gasteiger partial charge in [0.15, 0.2) is 0 Å². The summed E-state index contributed by atoms with van der Waals surface area (Å²) in [6.07, 6.45) is 0. The number of ether oxygens (including phenoxy) is 3. The van der Waals surface area contributed by atoms with Crippen LogP contribution in [0.4, 0.5) is 4.39 Å². The highest BCUT2D eigenvalue weighted by atomic mass is 19.1. The lowest BCUT2D eigenvalue weighted by Crippen LogP contribution is -2.13. The van der Waals surface area contributed by atoms with Gasteiger partial charge in [0.05, 0.1) is 19.3 Å². The molecule has 0 aliphatic carbocycles. The summed E-state index contributed by atoms with van der Waals surface area (Å²) in [5.41, 5.74) is -0.107. The minimum Gasteiger partial charge on any atom is -0.497 e. The first-order chi connectivity index (χ1) is 9.04. The molecule has 0 heterocycles. The minimum absolute atomic E-state index is 0.107.